The summed E-state index contributed by atoms with van der Waals surface area (Å²) < 4.78 is 19.9. The predicted octanol–water partition coefficient (Wildman–Crippen LogP) is 3.92. The van der Waals surface area contributed by atoms with Crippen molar-refractivity contribution in [2.24, 2.45) is 0 Å². The van der Waals surface area contributed by atoms with Crippen LogP contribution in [0.15, 0.2) is 42.5 Å². The summed E-state index contributed by atoms with van der Waals surface area (Å²) in [6, 6.07) is 12.9. The number of rotatable bonds is 6. The van der Waals surface area contributed by atoms with E-state index in [2.05, 4.69) is 16.3 Å². The van der Waals surface area contributed by atoms with Crippen molar-refractivity contribution in [3.63, 3.8) is 0 Å². The third-order valence-electron chi connectivity index (χ3n) is 6.12. The van der Waals surface area contributed by atoms with Gasteiger partial charge in [-0.1, -0.05) is 37.1 Å². The van der Waals surface area contributed by atoms with Gasteiger partial charge in [0.1, 0.15) is 11.6 Å². The van der Waals surface area contributed by atoms with E-state index in [1.807, 2.05) is 18.2 Å². The zero-order valence-corrected chi connectivity index (χ0v) is 16.3. The van der Waals surface area contributed by atoms with Gasteiger partial charge in [-0.25, -0.2) is 4.39 Å². The number of nitrogens with zero attached hydrogens (tertiary/aromatic N) is 1. The molecule has 0 amide bonds. The molecule has 4 nitrogen and oxygen atoms in total. The van der Waals surface area contributed by atoms with Gasteiger partial charge in [-0.05, 0) is 36.6 Å². The van der Waals surface area contributed by atoms with Crippen LogP contribution in [-0.4, -0.2) is 36.3 Å². The molecule has 28 heavy (non-hydrogen) atoms. The van der Waals surface area contributed by atoms with E-state index in [-0.39, 0.29) is 11.4 Å². The fraction of sp³-hybridized carbons (Fsp3) is 0.478. The van der Waals surface area contributed by atoms with Gasteiger partial charge < -0.3 is 15.2 Å². The van der Waals surface area contributed by atoms with E-state index < -0.39 is 0 Å². The molecule has 1 saturated heterocycles. The van der Waals surface area contributed by atoms with Crippen LogP contribution >= 0.6 is 0 Å². The van der Waals surface area contributed by atoms with Gasteiger partial charge in [0.2, 0.25) is 0 Å². The zero-order chi connectivity index (χ0) is 19.4. The highest BCUT2D eigenvalue weighted by atomic mass is 19.1. The number of benzene rings is 2. The zero-order valence-electron chi connectivity index (χ0n) is 16.3. The maximum absolute atomic E-state index is 14.5. The maximum Gasteiger partial charge on any atom is 0.128 e. The van der Waals surface area contributed by atoms with Gasteiger partial charge in [-0.3, -0.25) is 4.90 Å². The number of aromatic hydroxyl groups is 1. The Labute approximate surface area is 166 Å². The molecule has 0 radical (unpaired) electrons. The normalized spacial score (nSPS) is 19.8. The highest BCUT2D eigenvalue weighted by Crippen LogP contribution is 2.40. The standard InChI is InChI=1S/C23H29FN2O2/c24-21-6-2-1-5-20(21)23(9-3-4-10-23)25-16-18-7-8-22(27)19(15-18)17-26-11-13-28-14-12-26/h1-2,5-8,15,25,27H,3-4,9-14,16-17H2. The Balaban J connectivity index is 1.49. The first-order chi connectivity index (χ1) is 13.7. The lowest BCUT2D eigenvalue weighted by molar-refractivity contribution is 0.0339. The maximum atomic E-state index is 14.5. The van der Waals surface area contributed by atoms with Gasteiger partial charge in [-0.15, -0.1) is 0 Å². The van der Waals surface area contributed by atoms with Crippen molar-refractivity contribution >= 4 is 0 Å². The quantitative estimate of drug-likeness (QED) is 0.792. The molecule has 2 aromatic carbocycles. The molecule has 0 spiro atoms. The van der Waals surface area contributed by atoms with E-state index in [9.17, 15) is 9.50 Å². The number of phenolic OH excluding ortho intramolecular Hbond substituents is 1. The van der Waals surface area contributed by atoms with Crippen molar-refractivity contribution in [1.29, 1.82) is 0 Å². The Hall–Kier alpha value is -1.95. The third kappa shape index (κ3) is 4.22. The lowest BCUT2D eigenvalue weighted by Crippen LogP contribution is -2.40. The molecule has 2 N–H and O–H groups in total. The Morgan fingerprint density at radius 3 is 2.57 bits per heavy atom. The number of phenols is 1. The molecule has 1 aliphatic carbocycles. The molecule has 2 aromatic rings. The monoisotopic (exact) mass is 384 g/mol. The molecule has 0 aromatic heterocycles. The number of morpholine rings is 1. The smallest absolute Gasteiger partial charge is 0.128 e. The van der Waals surface area contributed by atoms with E-state index in [1.165, 1.54) is 0 Å². The second kappa shape index (κ2) is 8.60. The lowest BCUT2D eigenvalue weighted by atomic mass is 9.87. The van der Waals surface area contributed by atoms with Gasteiger partial charge in [0.25, 0.3) is 0 Å². The van der Waals surface area contributed by atoms with Crippen LogP contribution in [0.2, 0.25) is 0 Å². The fourth-order valence-corrected chi connectivity index (χ4v) is 4.52. The van der Waals surface area contributed by atoms with Crippen molar-refractivity contribution < 1.29 is 14.2 Å². The minimum Gasteiger partial charge on any atom is -0.508 e. The Morgan fingerprint density at radius 2 is 1.82 bits per heavy atom. The fourth-order valence-electron chi connectivity index (χ4n) is 4.52. The van der Waals surface area contributed by atoms with Crippen LogP contribution in [0.25, 0.3) is 0 Å². The Morgan fingerprint density at radius 1 is 1.07 bits per heavy atom. The lowest BCUT2D eigenvalue weighted by Gasteiger charge is -2.32. The van der Waals surface area contributed by atoms with Gasteiger partial charge in [0, 0.05) is 42.8 Å². The molecular formula is C23H29FN2O2. The Kier molecular flexibility index (Phi) is 5.95. The number of hydrogen-bond donors (Lipinski definition) is 2. The minimum atomic E-state index is -0.298. The first kappa shape index (κ1) is 19.4. The van der Waals surface area contributed by atoms with Crippen LogP contribution < -0.4 is 5.32 Å². The van der Waals surface area contributed by atoms with Crippen molar-refractivity contribution in [3.8, 4) is 5.75 Å². The van der Waals surface area contributed by atoms with Crippen LogP contribution in [-0.2, 0) is 23.4 Å². The van der Waals surface area contributed by atoms with Crippen LogP contribution in [0.4, 0.5) is 4.39 Å². The summed E-state index contributed by atoms with van der Waals surface area (Å²) >= 11 is 0. The first-order valence-electron chi connectivity index (χ1n) is 10.3. The van der Waals surface area contributed by atoms with Crippen molar-refractivity contribution in [2.45, 2.75) is 44.3 Å². The summed E-state index contributed by atoms with van der Waals surface area (Å²) in [5.74, 6) is 0.204. The summed E-state index contributed by atoms with van der Waals surface area (Å²) in [7, 11) is 0. The highest BCUT2D eigenvalue weighted by Gasteiger charge is 2.37. The molecule has 1 aliphatic heterocycles. The molecule has 0 atom stereocenters. The van der Waals surface area contributed by atoms with Crippen molar-refractivity contribution in [2.75, 3.05) is 26.3 Å². The third-order valence-corrected chi connectivity index (χ3v) is 6.12. The second-order valence-electron chi connectivity index (χ2n) is 7.97. The summed E-state index contributed by atoms with van der Waals surface area (Å²) in [5.41, 5.74) is 2.53. The number of halogens is 1. The first-order valence-corrected chi connectivity index (χ1v) is 10.3. The minimum absolute atomic E-state index is 0.129. The van der Waals surface area contributed by atoms with Crippen LogP contribution in [0.1, 0.15) is 42.4 Å². The molecule has 4 rings (SSSR count). The molecular weight excluding hydrogens is 355 g/mol. The molecule has 2 fully saturated rings. The van der Waals surface area contributed by atoms with E-state index in [0.29, 0.717) is 12.3 Å². The SMILES string of the molecule is Oc1ccc(CNC2(c3ccccc3F)CCCC2)cc1CN1CCOCC1. The summed E-state index contributed by atoms with van der Waals surface area (Å²) in [6.07, 6.45) is 4.12. The summed E-state index contributed by atoms with van der Waals surface area (Å²) in [6.45, 7) is 4.64. The molecule has 2 aliphatic rings. The van der Waals surface area contributed by atoms with Crippen molar-refractivity contribution in [3.05, 3.63) is 65.0 Å². The highest BCUT2D eigenvalue weighted by molar-refractivity contribution is 5.36. The average molecular weight is 384 g/mol. The topological polar surface area (TPSA) is 44.7 Å². The number of nitrogens with one attached hydrogen (secondary N) is 1. The molecule has 1 saturated carbocycles. The Bertz CT molecular complexity index is 799. The molecule has 1 heterocycles. The average Bonchev–Trinajstić information content (AvgIpc) is 3.20. The van der Waals surface area contributed by atoms with Crippen LogP contribution in [0, 0.1) is 5.82 Å². The largest absolute Gasteiger partial charge is 0.508 e. The van der Waals surface area contributed by atoms with E-state index in [0.717, 1.165) is 75.2 Å². The summed E-state index contributed by atoms with van der Waals surface area (Å²) in [4.78, 5) is 2.30. The van der Waals surface area contributed by atoms with Gasteiger partial charge in [-0.2, -0.15) is 0 Å². The number of ether oxygens (including phenoxy) is 1. The van der Waals surface area contributed by atoms with Gasteiger partial charge >= 0.3 is 0 Å². The van der Waals surface area contributed by atoms with Crippen LogP contribution in [0.5, 0.6) is 5.75 Å². The summed E-state index contributed by atoms with van der Waals surface area (Å²) in [5, 5.41) is 13.9. The van der Waals surface area contributed by atoms with E-state index in [1.54, 1.807) is 18.2 Å². The predicted molar refractivity (Wildman–Crippen MR) is 108 cm³/mol. The molecule has 5 heteroatoms. The molecule has 0 bridgehead atoms. The van der Waals surface area contributed by atoms with Crippen LogP contribution in [0.3, 0.4) is 0 Å². The van der Waals surface area contributed by atoms with Gasteiger partial charge in [0.15, 0.2) is 0 Å². The van der Waals surface area contributed by atoms with E-state index in [4.69, 9.17) is 4.74 Å². The van der Waals surface area contributed by atoms with E-state index >= 15 is 0 Å². The molecule has 150 valence electrons. The number of hydrogen-bond acceptors (Lipinski definition) is 4. The van der Waals surface area contributed by atoms with Gasteiger partial charge in [0.05, 0.1) is 13.2 Å². The van der Waals surface area contributed by atoms with Crippen molar-refractivity contribution in [1.82, 2.24) is 10.2 Å². The molecule has 0 unspecified atom stereocenters. The second-order valence-corrected chi connectivity index (χ2v) is 7.97.